The van der Waals surface area contributed by atoms with Gasteiger partial charge in [0.2, 0.25) is 0 Å². The minimum atomic E-state index is -0.328. The number of hydrogen-bond acceptors (Lipinski definition) is 2. The SMILES string of the molecule is N#Cc1cccc(C(=O)N[C@@H]2CCc3c(F)cc(Cl)cc32)c1. The number of fused-ring (bicyclic) bond motifs is 1. The Morgan fingerprint density at radius 2 is 2.18 bits per heavy atom. The van der Waals surface area contributed by atoms with Crippen LogP contribution >= 0.6 is 11.6 Å². The van der Waals surface area contributed by atoms with Crippen LogP contribution < -0.4 is 5.32 Å². The van der Waals surface area contributed by atoms with Crippen molar-refractivity contribution < 1.29 is 9.18 Å². The number of carbonyl (C=O) groups is 1. The summed E-state index contributed by atoms with van der Waals surface area (Å²) in [6.07, 6.45) is 1.21. The van der Waals surface area contributed by atoms with Crippen LogP contribution in [0.5, 0.6) is 0 Å². The molecule has 0 fully saturated rings. The van der Waals surface area contributed by atoms with Crippen molar-refractivity contribution in [1.82, 2.24) is 5.32 Å². The molecule has 0 heterocycles. The first-order valence-corrected chi connectivity index (χ1v) is 7.25. The van der Waals surface area contributed by atoms with Crippen LogP contribution in [0.25, 0.3) is 0 Å². The summed E-state index contributed by atoms with van der Waals surface area (Å²) in [4.78, 5) is 12.3. The largest absolute Gasteiger partial charge is 0.345 e. The Labute approximate surface area is 132 Å². The minimum absolute atomic E-state index is 0.263. The van der Waals surface area contributed by atoms with Crippen LogP contribution in [-0.4, -0.2) is 5.91 Å². The fraction of sp³-hybridized carbons (Fsp3) is 0.176. The first kappa shape index (κ1) is 14.6. The molecular weight excluding hydrogens is 303 g/mol. The van der Waals surface area contributed by atoms with E-state index in [1.54, 1.807) is 24.3 Å². The van der Waals surface area contributed by atoms with Gasteiger partial charge in [-0.05, 0) is 54.3 Å². The van der Waals surface area contributed by atoms with E-state index in [1.165, 1.54) is 12.1 Å². The van der Waals surface area contributed by atoms with Crippen molar-refractivity contribution in [3.63, 3.8) is 0 Å². The molecule has 0 aliphatic heterocycles. The van der Waals surface area contributed by atoms with Crippen LogP contribution in [0.3, 0.4) is 0 Å². The van der Waals surface area contributed by atoms with Gasteiger partial charge in [0.15, 0.2) is 0 Å². The maximum atomic E-state index is 13.9. The van der Waals surface area contributed by atoms with E-state index in [2.05, 4.69) is 5.32 Å². The highest BCUT2D eigenvalue weighted by atomic mass is 35.5. The molecule has 0 unspecified atom stereocenters. The lowest BCUT2D eigenvalue weighted by molar-refractivity contribution is 0.0936. The fourth-order valence-electron chi connectivity index (χ4n) is 2.76. The molecule has 0 aromatic heterocycles. The summed E-state index contributed by atoms with van der Waals surface area (Å²) in [7, 11) is 0. The summed E-state index contributed by atoms with van der Waals surface area (Å²) in [5.74, 6) is -0.610. The summed E-state index contributed by atoms with van der Waals surface area (Å²) < 4.78 is 13.9. The second-order valence-corrected chi connectivity index (χ2v) is 5.65. The molecule has 110 valence electrons. The first-order valence-electron chi connectivity index (χ1n) is 6.87. The number of halogens is 2. The molecule has 1 amide bonds. The monoisotopic (exact) mass is 314 g/mol. The number of rotatable bonds is 2. The average molecular weight is 315 g/mol. The van der Waals surface area contributed by atoms with Crippen molar-refractivity contribution in [1.29, 1.82) is 5.26 Å². The van der Waals surface area contributed by atoms with Gasteiger partial charge >= 0.3 is 0 Å². The number of carbonyl (C=O) groups excluding carboxylic acids is 1. The van der Waals surface area contributed by atoms with E-state index in [1.807, 2.05) is 6.07 Å². The predicted molar refractivity (Wildman–Crippen MR) is 81.1 cm³/mol. The maximum Gasteiger partial charge on any atom is 0.251 e. The third-order valence-corrected chi connectivity index (χ3v) is 4.03. The molecule has 1 atom stereocenters. The summed E-state index contributed by atoms with van der Waals surface area (Å²) in [5.41, 5.74) is 2.18. The average Bonchev–Trinajstić information content (AvgIpc) is 2.90. The number of nitriles is 1. The van der Waals surface area contributed by atoms with Gasteiger partial charge in [0.05, 0.1) is 17.7 Å². The molecule has 1 aliphatic carbocycles. The molecule has 1 aliphatic rings. The van der Waals surface area contributed by atoms with Gasteiger partial charge in [0.25, 0.3) is 5.91 Å². The Kier molecular flexibility index (Phi) is 3.82. The topological polar surface area (TPSA) is 52.9 Å². The second kappa shape index (κ2) is 5.78. The summed E-state index contributed by atoms with van der Waals surface area (Å²) >= 11 is 5.90. The summed E-state index contributed by atoms with van der Waals surface area (Å²) in [5, 5.41) is 12.1. The Balaban J connectivity index is 1.84. The zero-order valence-electron chi connectivity index (χ0n) is 11.6. The number of nitrogens with zero attached hydrogens (tertiary/aromatic N) is 1. The molecule has 0 saturated heterocycles. The zero-order chi connectivity index (χ0) is 15.7. The van der Waals surface area contributed by atoms with E-state index < -0.39 is 0 Å². The van der Waals surface area contributed by atoms with Gasteiger partial charge in [0, 0.05) is 10.6 Å². The van der Waals surface area contributed by atoms with E-state index in [-0.39, 0.29) is 17.8 Å². The number of amides is 1. The minimum Gasteiger partial charge on any atom is -0.345 e. The van der Waals surface area contributed by atoms with E-state index in [0.717, 1.165) is 5.56 Å². The van der Waals surface area contributed by atoms with Crippen LogP contribution in [-0.2, 0) is 6.42 Å². The molecule has 0 bridgehead atoms. The Morgan fingerprint density at radius 3 is 2.95 bits per heavy atom. The lowest BCUT2D eigenvalue weighted by Crippen LogP contribution is -2.27. The normalized spacial score (nSPS) is 16.0. The Morgan fingerprint density at radius 1 is 1.36 bits per heavy atom. The molecule has 5 heteroatoms. The summed E-state index contributed by atoms with van der Waals surface area (Å²) in [6, 6.07) is 11.2. The zero-order valence-corrected chi connectivity index (χ0v) is 12.3. The van der Waals surface area contributed by atoms with Gasteiger partial charge in [-0.25, -0.2) is 4.39 Å². The molecule has 3 rings (SSSR count). The Bertz CT molecular complexity index is 798. The van der Waals surface area contributed by atoms with Crippen LogP contribution in [0.15, 0.2) is 36.4 Å². The van der Waals surface area contributed by atoms with Crippen LogP contribution in [0, 0.1) is 17.1 Å². The van der Waals surface area contributed by atoms with Crippen molar-refractivity contribution in [2.24, 2.45) is 0 Å². The first-order chi connectivity index (χ1) is 10.6. The molecule has 2 aromatic carbocycles. The van der Waals surface area contributed by atoms with E-state index in [0.29, 0.717) is 34.6 Å². The van der Waals surface area contributed by atoms with Gasteiger partial charge in [-0.3, -0.25) is 4.79 Å². The molecule has 3 nitrogen and oxygen atoms in total. The molecule has 0 radical (unpaired) electrons. The summed E-state index contributed by atoms with van der Waals surface area (Å²) in [6.45, 7) is 0. The number of hydrogen-bond donors (Lipinski definition) is 1. The molecule has 2 aromatic rings. The Hall–Kier alpha value is -2.38. The quantitative estimate of drug-likeness (QED) is 0.917. The van der Waals surface area contributed by atoms with Crippen molar-refractivity contribution in [2.75, 3.05) is 0 Å². The number of benzene rings is 2. The smallest absolute Gasteiger partial charge is 0.251 e. The van der Waals surface area contributed by atoms with Crippen molar-refractivity contribution in [2.45, 2.75) is 18.9 Å². The van der Waals surface area contributed by atoms with Crippen LogP contribution in [0.4, 0.5) is 4.39 Å². The highest BCUT2D eigenvalue weighted by Crippen LogP contribution is 2.35. The van der Waals surface area contributed by atoms with Crippen molar-refractivity contribution in [3.8, 4) is 6.07 Å². The fourth-order valence-corrected chi connectivity index (χ4v) is 2.98. The third-order valence-electron chi connectivity index (χ3n) is 3.81. The predicted octanol–water partition coefficient (Wildman–Crippen LogP) is 3.77. The molecule has 22 heavy (non-hydrogen) atoms. The molecular formula is C17H12ClFN2O. The lowest BCUT2D eigenvalue weighted by Gasteiger charge is -2.14. The maximum absolute atomic E-state index is 13.9. The standard InChI is InChI=1S/C17H12ClFN2O/c18-12-7-14-13(15(19)8-12)4-5-16(14)21-17(22)11-3-1-2-10(6-11)9-20/h1-3,6-8,16H,4-5H2,(H,21,22)/t16-/m1/s1. The van der Waals surface area contributed by atoms with E-state index in [9.17, 15) is 9.18 Å². The highest BCUT2D eigenvalue weighted by Gasteiger charge is 2.27. The molecule has 1 N–H and O–H groups in total. The van der Waals surface area contributed by atoms with Gasteiger partial charge in [-0.2, -0.15) is 5.26 Å². The van der Waals surface area contributed by atoms with Gasteiger partial charge in [-0.1, -0.05) is 17.7 Å². The number of nitrogens with one attached hydrogen (secondary N) is 1. The van der Waals surface area contributed by atoms with Crippen molar-refractivity contribution in [3.05, 3.63) is 69.5 Å². The van der Waals surface area contributed by atoms with Gasteiger partial charge in [0.1, 0.15) is 5.82 Å². The lowest BCUT2D eigenvalue weighted by atomic mass is 10.1. The molecule has 0 spiro atoms. The van der Waals surface area contributed by atoms with Gasteiger partial charge in [-0.15, -0.1) is 0 Å². The van der Waals surface area contributed by atoms with Crippen molar-refractivity contribution >= 4 is 17.5 Å². The van der Waals surface area contributed by atoms with E-state index in [4.69, 9.17) is 16.9 Å². The second-order valence-electron chi connectivity index (χ2n) is 5.21. The van der Waals surface area contributed by atoms with Crippen LogP contribution in [0.2, 0.25) is 5.02 Å². The van der Waals surface area contributed by atoms with E-state index >= 15 is 0 Å². The van der Waals surface area contributed by atoms with Crippen LogP contribution in [0.1, 0.15) is 39.5 Å². The van der Waals surface area contributed by atoms with Gasteiger partial charge < -0.3 is 5.32 Å². The highest BCUT2D eigenvalue weighted by molar-refractivity contribution is 6.30. The third kappa shape index (κ3) is 2.68. The molecule has 0 saturated carbocycles.